The number of aliphatic carboxylic acids is 2. The SMILES string of the molecule is CCN[C@@H](CNC(=O)N[C@@H](CSSC(C)(C)C)C(=O)NCC(=O)O)C(=O)O. The quantitative estimate of drug-likeness (QED) is 0.239. The number of hydrogen-bond acceptors (Lipinski definition) is 7. The summed E-state index contributed by atoms with van der Waals surface area (Å²) in [5.74, 6) is -2.71. The van der Waals surface area contributed by atoms with Gasteiger partial charge in [0.25, 0.3) is 0 Å². The molecule has 10 nitrogen and oxygen atoms in total. The maximum atomic E-state index is 12.1. The maximum Gasteiger partial charge on any atom is 0.322 e. The molecule has 0 rings (SSSR count). The Kier molecular flexibility index (Phi) is 11.9. The van der Waals surface area contributed by atoms with Crippen LogP contribution < -0.4 is 21.3 Å². The molecule has 0 radical (unpaired) electrons. The molecule has 12 heteroatoms. The number of carbonyl (C=O) groups is 4. The highest BCUT2D eigenvalue weighted by Gasteiger charge is 2.24. The average Bonchev–Trinajstić information content (AvgIpc) is 2.54. The molecular formula is C15H28N4O6S2. The van der Waals surface area contributed by atoms with Crippen LogP contribution >= 0.6 is 21.6 Å². The van der Waals surface area contributed by atoms with E-state index >= 15 is 0 Å². The molecule has 0 fully saturated rings. The van der Waals surface area contributed by atoms with Gasteiger partial charge >= 0.3 is 18.0 Å². The smallest absolute Gasteiger partial charge is 0.322 e. The second-order valence-electron chi connectivity index (χ2n) is 6.45. The molecular weight excluding hydrogens is 396 g/mol. The number of urea groups is 1. The molecule has 27 heavy (non-hydrogen) atoms. The van der Waals surface area contributed by atoms with Crippen LogP contribution in [0.15, 0.2) is 0 Å². The van der Waals surface area contributed by atoms with Crippen molar-refractivity contribution in [1.29, 1.82) is 0 Å². The first-order chi connectivity index (χ1) is 12.5. The molecule has 0 spiro atoms. The lowest BCUT2D eigenvalue weighted by Crippen LogP contribution is -2.54. The molecule has 0 aromatic carbocycles. The molecule has 0 saturated heterocycles. The third-order valence-corrected chi connectivity index (χ3v) is 6.14. The molecule has 156 valence electrons. The van der Waals surface area contributed by atoms with Crippen LogP contribution in [0.3, 0.4) is 0 Å². The van der Waals surface area contributed by atoms with E-state index in [4.69, 9.17) is 10.2 Å². The zero-order chi connectivity index (χ0) is 21.0. The minimum Gasteiger partial charge on any atom is -0.480 e. The Hall–Kier alpha value is -1.66. The zero-order valence-corrected chi connectivity index (χ0v) is 17.5. The highest BCUT2D eigenvalue weighted by Crippen LogP contribution is 2.35. The minimum atomic E-state index is -1.20. The van der Waals surface area contributed by atoms with Crippen LogP contribution in [-0.2, 0) is 14.4 Å². The van der Waals surface area contributed by atoms with E-state index in [0.29, 0.717) is 6.54 Å². The van der Waals surface area contributed by atoms with Crippen molar-refractivity contribution in [2.45, 2.75) is 44.5 Å². The third kappa shape index (κ3) is 13.2. The van der Waals surface area contributed by atoms with Crippen molar-refractivity contribution < 1.29 is 29.4 Å². The van der Waals surface area contributed by atoms with Gasteiger partial charge in [-0.25, -0.2) is 4.79 Å². The predicted octanol–water partition coefficient (Wildman–Crippen LogP) is 0.0976. The van der Waals surface area contributed by atoms with Gasteiger partial charge in [-0.2, -0.15) is 0 Å². The number of likely N-dealkylation sites (N-methyl/N-ethyl adjacent to an activating group) is 1. The zero-order valence-electron chi connectivity index (χ0n) is 15.8. The second-order valence-corrected chi connectivity index (χ2v) is 9.61. The first-order valence-electron chi connectivity index (χ1n) is 8.27. The molecule has 2 atom stereocenters. The molecule has 6 N–H and O–H groups in total. The lowest BCUT2D eigenvalue weighted by molar-refractivity contribution is -0.139. The number of rotatable bonds is 12. The molecule has 0 aliphatic heterocycles. The van der Waals surface area contributed by atoms with Gasteiger partial charge < -0.3 is 31.5 Å². The molecule has 0 aromatic rings. The van der Waals surface area contributed by atoms with Crippen molar-refractivity contribution in [1.82, 2.24) is 21.3 Å². The van der Waals surface area contributed by atoms with Gasteiger partial charge in [0.2, 0.25) is 5.91 Å². The van der Waals surface area contributed by atoms with E-state index in [1.54, 1.807) is 6.92 Å². The first-order valence-corrected chi connectivity index (χ1v) is 10.6. The standard InChI is InChI=1S/C15H28N4O6S2/c1-5-16-9(13(23)24)6-18-14(25)19-10(8-26-27-15(2,3)4)12(22)17-7-11(20)21/h9-10,16H,5-8H2,1-4H3,(H,17,22)(H,20,21)(H,23,24)(H2,18,19,25)/t9-,10-/m0/s1. The van der Waals surface area contributed by atoms with Gasteiger partial charge in [0.1, 0.15) is 18.6 Å². The van der Waals surface area contributed by atoms with Crippen molar-refractivity contribution in [2.24, 2.45) is 0 Å². The Morgan fingerprint density at radius 2 is 1.67 bits per heavy atom. The molecule has 0 aliphatic carbocycles. The fourth-order valence-electron chi connectivity index (χ4n) is 1.64. The van der Waals surface area contributed by atoms with Crippen LogP contribution in [0.4, 0.5) is 4.79 Å². The predicted molar refractivity (Wildman–Crippen MR) is 106 cm³/mol. The summed E-state index contributed by atoms with van der Waals surface area (Å²) in [5.41, 5.74) is 0. The van der Waals surface area contributed by atoms with Crippen molar-refractivity contribution in [3.8, 4) is 0 Å². The summed E-state index contributed by atoms with van der Waals surface area (Å²) in [7, 11) is 2.89. The lowest BCUT2D eigenvalue weighted by Gasteiger charge is -2.21. The van der Waals surface area contributed by atoms with E-state index < -0.39 is 42.5 Å². The van der Waals surface area contributed by atoms with E-state index in [1.165, 1.54) is 21.6 Å². The number of carboxylic acids is 2. The van der Waals surface area contributed by atoms with Gasteiger partial charge in [0.15, 0.2) is 0 Å². The Morgan fingerprint density at radius 3 is 2.15 bits per heavy atom. The van der Waals surface area contributed by atoms with Gasteiger partial charge in [-0.3, -0.25) is 14.4 Å². The van der Waals surface area contributed by atoms with Crippen LogP contribution in [-0.4, -0.2) is 76.3 Å². The summed E-state index contributed by atoms with van der Waals surface area (Å²) in [4.78, 5) is 45.8. The topological polar surface area (TPSA) is 157 Å². The highest BCUT2D eigenvalue weighted by molar-refractivity contribution is 8.77. The molecule has 0 saturated carbocycles. The summed E-state index contributed by atoms with van der Waals surface area (Å²) in [5, 5.41) is 27.5. The molecule has 0 aromatic heterocycles. The number of amides is 3. The fourth-order valence-corrected chi connectivity index (χ4v) is 4.11. The molecule has 0 heterocycles. The van der Waals surface area contributed by atoms with Crippen LogP contribution in [0.2, 0.25) is 0 Å². The molecule has 0 aliphatic rings. The summed E-state index contributed by atoms with van der Waals surface area (Å²) in [6, 6.07) is -2.63. The van der Waals surface area contributed by atoms with Gasteiger partial charge in [0.05, 0.1) is 0 Å². The highest BCUT2D eigenvalue weighted by atomic mass is 33.1. The van der Waals surface area contributed by atoms with Gasteiger partial charge in [-0.15, -0.1) is 0 Å². The van der Waals surface area contributed by atoms with Crippen molar-refractivity contribution in [2.75, 3.05) is 25.4 Å². The average molecular weight is 425 g/mol. The van der Waals surface area contributed by atoms with Gasteiger partial charge in [-0.05, 0) is 6.54 Å². The largest absolute Gasteiger partial charge is 0.480 e. The first kappa shape index (κ1) is 25.3. The lowest BCUT2D eigenvalue weighted by atomic mass is 10.3. The van der Waals surface area contributed by atoms with E-state index in [9.17, 15) is 19.2 Å². The van der Waals surface area contributed by atoms with Crippen LogP contribution in [0.1, 0.15) is 27.7 Å². The normalized spacial score (nSPS) is 13.3. The van der Waals surface area contributed by atoms with Gasteiger partial charge in [0, 0.05) is 17.0 Å². The fraction of sp³-hybridized carbons (Fsp3) is 0.733. The molecule has 0 bridgehead atoms. The van der Waals surface area contributed by atoms with E-state index in [-0.39, 0.29) is 17.0 Å². The second kappa shape index (κ2) is 12.7. The Morgan fingerprint density at radius 1 is 1.04 bits per heavy atom. The number of carbonyl (C=O) groups excluding carboxylic acids is 2. The maximum absolute atomic E-state index is 12.1. The molecule has 3 amide bonds. The molecule has 0 unspecified atom stereocenters. The third-order valence-electron chi connectivity index (χ3n) is 2.79. The Bertz CT molecular complexity index is 527. The monoisotopic (exact) mass is 424 g/mol. The Balaban J connectivity index is 4.74. The number of hydrogen-bond donors (Lipinski definition) is 6. The summed E-state index contributed by atoms with van der Waals surface area (Å²) in [6.07, 6.45) is 0. The van der Waals surface area contributed by atoms with E-state index in [0.717, 1.165) is 0 Å². The van der Waals surface area contributed by atoms with Gasteiger partial charge in [-0.1, -0.05) is 49.3 Å². The van der Waals surface area contributed by atoms with Crippen molar-refractivity contribution >= 4 is 45.5 Å². The van der Waals surface area contributed by atoms with Crippen molar-refractivity contribution in [3.63, 3.8) is 0 Å². The van der Waals surface area contributed by atoms with Crippen molar-refractivity contribution in [3.05, 3.63) is 0 Å². The number of nitrogens with one attached hydrogen (secondary N) is 4. The summed E-state index contributed by atoms with van der Waals surface area (Å²) >= 11 is 0. The van der Waals surface area contributed by atoms with Crippen LogP contribution in [0, 0.1) is 0 Å². The van der Waals surface area contributed by atoms with Crippen LogP contribution in [0.5, 0.6) is 0 Å². The minimum absolute atomic E-state index is 0.0600. The van der Waals surface area contributed by atoms with Crippen LogP contribution in [0.25, 0.3) is 0 Å². The summed E-state index contributed by atoms with van der Waals surface area (Å²) in [6.45, 7) is 7.43. The van der Waals surface area contributed by atoms with E-state index in [1.807, 2.05) is 20.8 Å². The number of carboxylic acid groups (broad SMARTS) is 2. The van der Waals surface area contributed by atoms with E-state index in [2.05, 4.69) is 21.3 Å². The summed E-state index contributed by atoms with van der Waals surface area (Å²) < 4.78 is -0.0600. The Labute approximate surface area is 166 Å².